The van der Waals surface area contributed by atoms with Crippen molar-refractivity contribution < 1.29 is 9.53 Å². The van der Waals surface area contributed by atoms with Crippen molar-refractivity contribution >= 4 is 5.91 Å². The Morgan fingerprint density at radius 3 is 2.82 bits per heavy atom. The summed E-state index contributed by atoms with van der Waals surface area (Å²) in [6, 6.07) is 0.413. The van der Waals surface area contributed by atoms with E-state index in [4.69, 9.17) is 4.74 Å². The first kappa shape index (κ1) is 12.8. The first-order valence-corrected chi connectivity index (χ1v) is 6.61. The molecule has 0 saturated carbocycles. The molecule has 1 atom stereocenters. The van der Waals surface area contributed by atoms with Crippen molar-refractivity contribution in [2.24, 2.45) is 0 Å². The molecule has 2 fully saturated rings. The van der Waals surface area contributed by atoms with Crippen LogP contribution in [0.2, 0.25) is 0 Å². The summed E-state index contributed by atoms with van der Waals surface area (Å²) in [5.74, 6) is 0.270. The predicted octanol–water partition coefficient (Wildman–Crippen LogP) is -0.471. The van der Waals surface area contributed by atoms with Crippen LogP contribution in [0.15, 0.2) is 0 Å². The zero-order chi connectivity index (χ0) is 12.1. The highest BCUT2D eigenvalue weighted by molar-refractivity contribution is 5.78. The average molecular weight is 241 g/mol. The molecule has 5 heteroatoms. The second kappa shape index (κ2) is 6.33. The molecule has 2 aliphatic rings. The Labute approximate surface area is 103 Å². The minimum absolute atomic E-state index is 0.270. The molecule has 2 rings (SSSR count). The molecule has 5 nitrogen and oxygen atoms in total. The normalized spacial score (nSPS) is 27.1. The third kappa shape index (κ3) is 3.40. The molecule has 0 aromatic rings. The van der Waals surface area contributed by atoms with E-state index in [2.05, 4.69) is 17.1 Å². The van der Waals surface area contributed by atoms with Gasteiger partial charge in [-0.25, -0.2) is 0 Å². The number of piperazine rings is 1. The molecule has 0 radical (unpaired) electrons. The largest absolute Gasteiger partial charge is 0.378 e. The number of nitrogens with one attached hydrogen (secondary N) is 1. The third-order valence-corrected chi connectivity index (χ3v) is 3.63. The van der Waals surface area contributed by atoms with E-state index in [-0.39, 0.29) is 5.91 Å². The molecule has 0 aromatic carbocycles. The van der Waals surface area contributed by atoms with Gasteiger partial charge in [-0.3, -0.25) is 9.69 Å². The zero-order valence-electron chi connectivity index (χ0n) is 10.7. The third-order valence-electron chi connectivity index (χ3n) is 3.63. The second-order valence-electron chi connectivity index (χ2n) is 4.74. The quantitative estimate of drug-likeness (QED) is 0.725. The minimum Gasteiger partial charge on any atom is -0.378 e. The molecule has 0 aliphatic carbocycles. The number of hydrogen-bond acceptors (Lipinski definition) is 4. The highest BCUT2D eigenvalue weighted by Gasteiger charge is 2.25. The minimum atomic E-state index is 0.270. The highest BCUT2D eigenvalue weighted by Crippen LogP contribution is 2.10. The monoisotopic (exact) mass is 241 g/mol. The topological polar surface area (TPSA) is 44.8 Å². The summed E-state index contributed by atoms with van der Waals surface area (Å²) < 4.78 is 5.45. The molecule has 2 saturated heterocycles. The smallest absolute Gasteiger partial charge is 0.236 e. The van der Waals surface area contributed by atoms with Crippen LogP contribution in [0.5, 0.6) is 0 Å². The van der Waals surface area contributed by atoms with E-state index in [0.717, 1.165) is 52.4 Å². The SMILES string of the molecule is CCC1COCCN1CC(=O)N1CCNCC1. The maximum atomic E-state index is 12.1. The summed E-state index contributed by atoms with van der Waals surface area (Å²) in [6.07, 6.45) is 1.05. The Hall–Kier alpha value is -0.650. The molecule has 0 aromatic heterocycles. The van der Waals surface area contributed by atoms with Crippen LogP contribution in [-0.2, 0) is 9.53 Å². The molecular weight excluding hydrogens is 218 g/mol. The average Bonchev–Trinajstić information content (AvgIpc) is 2.40. The van der Waals surface area contributed by atoms with E-state index in [1.807, 2.05) is 4.90 Å². The Balaban J connectivity index is 1.83. The number of amides is 1. The summed E-state index contributed by atoms with van der Waals surface area (Å²) in [6.45, 7) is 8.66. The number of carbonyl (C=O) groups excluding carboxylic acids is 1. The van der Waals surface area contributed by atoms with Gasteiger partial charge < -0.3 is 15.0 Å². The highest BCUT2D eigenvalue weighted by atomic mass is 16.5. The summed E-state index contributed by atoms with van der Waals surface area (Å²) in [5, 5.41) is 3.27. The van der Waals surface area contributed by atoms with Crippen LogP contribution in [0.1, 0.15) is 13.3 Å². The van der Waals surface area contributed by atoms with Crippen LogP contribution in [0.3, 0.4) is 0 Å². The first-order chi connectivity index (χ1) is 8.31. The number of rotatable bonds is 3. The van der Waals surface area contributed by atoms with Gasteiger partial charge in [-0.2, -0.15) is 0 Å². The van der Waals surface area contributed by atoms with Gasteiger partial charge in [0.05, 0.1) is 19.8 Å². The predicted molar refractivity (Wildman–Crippen MR) is 65.9 cm³/mol. The van der Waals surface area contributed by atoms with Crippen LogP contribution in [0.4, 0.5) is 0 Å². The van der Waals surface area contributed by atoms with E-state index in [1.165, 1.54) is 0 Å². The van der Waals surface area contributed by atoms with E-state index in [9.17, 15) is 4.79 Å². The zero-order valence-corrected chi connectivity index (χ0v) is 10.7. The summed E-state index contributed by atoms with van der Waals surface area (Å²) in [4.78, 5) is 16.4. The van der Waals surface area contributed by atoms with E-state index >= 15 is 0 Å². The van der Waals surface area contributed by atoms with E-state index in [1.54, 1.807) is 0 Å². The lowest BCUT2D eigenvalue weighted by Gasteiger charge is -2.36. The van der Waals surface area contributed by atoms with Gasteiger partial charge in [-0.05, 0) is 6.42 Å². The van der Waals surface area contributed by atoms with Crippen LogP contribution >= 0.6 is 0 Å². The van der Waals surface area contributed by atoms with Gasteiger partial charge in [-0.15, -0.1) is 0 Å². The van der Waals surface area contributed by atoms with E-state index < -0.39 is 0 Å². The van der Waals surface area contributed by atoms with Gasteiger partial charge >= 0.3 is 0 Å². The maximum Gasteiger partial charge on any atom is 0.236 e. The molecule has 2 aliphatic heterocycles. The molecule has 2 heterocycles. The molecule has 0 spiro atoms. The molecular formula is C12H23N3O2. The first-order valence-electron chi connectivity index (χ1n) is 6.61. The number of morpholine rings is 1. The van der Waals surface area contributed by atoms with Gasteiger partial charge in [0.2, 0.25) is 5.91 Å². The van der Waals surface area contributed by atoms with Crippen LogP contribution in [-0.4, -0.2) is 74.2 Å². The number of ether oxygens (including phenoxy) is 1. The maximum absolute atomic E-state index is 12.1. The molecule has 1 unspecified atom stereocenters. The lowest BCUT2D eigenvalue weighted by atomic mass is 10.1. The van der Waals surface area contributed by atoms with Crippen LogP contribution in [0, 0.1) is 0 Å². The van der Waals surface area contributed by atoms with Crippen molar-refractivity contribution in [3.63, 3.8) is 0 Å². The van der Waals surface area contributed by atoms with Crippen molar-refractivity contribution in [1.82, 2.24) is 15.1 Å². The second-order valence-corrected chi connectivity index (χ2v) is 4.74. The molecule has 0 bridgehead atoms. The van der Waals surface area contributed by atoms with Crippen LogP contribution < -0.4 is 5.32 Å². The molecule has 1 N–H and O–H groups in total. The van der Waals surface area contributed by atoms with Gasteiger partial charge in [0.1, 0.15) is 0 Å². The number of carbonyl (C=O) groups is 1. The van der Waals surface area contributed by atoms with Crippen molar-refractivity contribution in [3.05, 3.63) is 0 Å². The standard InChI is InChI=1S/C12H23N3O2/c1-2-11-10-17-8-7-15(11)9-12(16)14-5-3-13-4-6-14/h11,13H,2-10H2,1H3. The molecule has 1 amide bonds. The van der Waals surface area contributed by atoms with Crippen molar-refractivity contribution in [1.29, 1.82) is 0 Å². The van der Waals surface area contributed by atoms with Crippen molar-refractivity contribution in [3.8, 4) is 0 Å². The van der Waals surface area contributed by atoms with E-state index in [0.29, 0.717) is 12.6 Å². The van der Waals surface area contributed by atoms with Crippen molar-refractivity contribution in [2.45, 2.75) is 19.4 Å². The van der Waals surface area contributed by atoms with Gasteiger partial charge in [-0.1, -0.05) is 6.92 Å². The molecule has 17 heavy (non-hydrogen) atoms. The summed E-state index contributed by atoms with van der Waals surface area (Å²) >= 11 is 0. The Morgan fingerprint density at radius 2 is 2.12 bits per heavy atom. The van der Waals surface area contributed by atoms with Gasteiger partial charge in [0.15, 0.2) is 0 Å². The van der Waals surface area contributed by atoms with Gasteiger partial charge in [0.25, 0.3) is 0 Å². The van der Waals surface area contributed by atoms with Gasteiger partial charge in [0, 0.05) is 38.8 Å². The van der Waals surface area contributed by atoms with Crippen LogP contribution in [0.25, 0.3) is 0 Å². The fraction of sp³-hybridized carbons (Fsp3) is 0.917. The summed E-state index contributed by atoms with van der Waals surface area (Å²) in [7, 11) is 0. The molecule has 98 valence electrons. The Bertz CT molecular complexity index is 254. The number of hydrogen-bond donors (Lipinski definition) is 1. The Kier molecular flexibility index (Phi) is 4.76. The fourth-order valence-electron chi connectivity index (χ4n) is 2.46. The lowest BCUT2D eigenvalue weighted by Crippen LogP contribution is -2.53. The lowest BCUT2D eigenvalue weighted by molar-refractivity contribution is -0.135. The number of nitrogens with zero attached hydrogens (tertiary/aromatic N) is 2. The summed E-state index contributed by atoms with van der Waals surface area (Å²) in [5.41, 5.74) is 0. The Morgan fingerprint density at radius 1 is 1.35 bits per heavy atom. The van der Waals surface area contributed by atoms with Crippen molar-refractivity contribution in [2.75, 3.05) is 52.5 Å². The fourth-order valence-corrected chi connectivity index (χ4v) is 2.46.